The van der Waals surface area contributed by atoms with E-state index in [-0.39, 0.29) is 5.91 Å². The topological polar surface area (TPSA) is 47.9 Å². The Hall–Kier alpha value is -2.04. The number of aryl methyl sites for hydroxylation is 1. The van der Waals surface area contributed by atoms with E-state index < -0.39 is 0 Å². The summed E-state index contributed by atoms with van der Waals surface area (Å²) < 4.78 is 0. The van der Waals surface area contributed by atoms with Gasteiger partial charge in [-0.1, -0.05) is 29.8 Å². The van der Waals surface area contributed by atoms with E-state index in [2.05, 4.69) is 35.4 Å². The number of nitrogens with zero attached hydrogens (tertiary/aromatic N) is 3. The maximum atomic E-state index is 12.2. The molecule has 23 heavy (non-hydrogen) atoms. The molecule has 0 aliphatic heterocycles. The molecule has 1 aromatic rings. The van der Waals surface area contributed by atoms with Crippen LogP contribution >= 0.6 is 0 Å². The molecule has 1 aromatic carbocycles. The molecule has 1 rings (SSSR count). The monoisotopic (exact) mass is 318 g/mol. The highest BCUT2D eigenvalue weighted by molar-refractivity contribution is 5.86. The van der Waals surface area contributed by atoms with Crippen molar-refractivity contribution in [1.29, 1.82) is 0 Å². The first-order chi connectivity index (χ1) is 11.0. The van der Waals surface area contributed by atoms with Crippen molar-refractivity contribution >= 4 is 11.9 Å². The van der Waals surface area contributed by atoms with E-state index in [1.807, 2.05) is 43.7 Å². The first kappa shape index (κ1) is 19.0. The van der Waals surface area contributed by atoms with Crippen LogP contribution in [0.5, 0.6) is 0 Å². The minimum absolute atomic E-state index is 0.124. The van der Waals surface area contributed by atoms with Gasteiger partial charge in [0, 0.05) is 26.7 Å². The minimum atomic E-state index is 0.124. The van der Waals surface area contributed by atoms with Gasteiger partial charge in [0.25, 0.3) is 0 Å². The van der Waals surface area contributed by atoms with Crippen LogP contribution in [0.2, 0.25) is 0 Å². The Morgan fingerprint density at radius 1 is 1.22 bits per heavy atom. The Balaban J connectivity index is 2.75. The van der Waals surface area contributed by atoms with Crippen LogP contribution in [0.25, 0.3) is 0 Å². The first-order valence-electron chi connectivity index (χ1n) is 8.34. The van der Waals surface area contributed by atoms with E-state index in [1.165, 1.54) is 11.1 Å². The van der Waals surface area contributed by atoms with Crippen molar-refractivity contribution in [2.24, 2.45) is 4.99 Å². The largest absolute Gasteiger partial charge is 0.357 e. The van der Waals surface area contributed by atoms with Gasteiger partial charge in [0.2, 0.25) is 5.91 Å². The van der Waals surface area contributed by atoms with Crippen LogP contribution in [-0.4, -0.2) is 54.9 Å². The standard InChI is InChI=1S/C18H30N4O/c1-6-19-18(20-13-16-11-9-10-15(4)12-16)21(5)14-17(23)22(7-2)8-3/h9-12H,6-8,13-14H2,1-5H3,(H,19,20). The van der Waals surface area contributed by atoms with Crippen molar-refractivity contribution in [2.45, 2.75) is 34.2 Å². The maximum Gasteiger partial charge on any atom is 0.242 e. The summed E-state index contributed by atoms with van der Waals surface area (Å²) in [6, 6.07) is 8.32. The predicted octanol–water partition coefficient (Wildman–Crippen LogP) is 2.26. The third-order valence-electron chi connectivity index (χ3n) is 3.68. The van der Waals surface area contributed by atoms with Gasteiger partial charge >= 0.3 is 0 Å². The number of guanidine groups is 1. The molecule has 0 radical (unpaired) electrons. The summed E-state index contributed by atoms with van der Waals surface area (Å²) >= 11 is 0. The first-order valence-corrected chi connectivity index (χ1v) is 8.34. The van der Waals surface area contributed by atoms with Crippen LogP contribution in [-0.2, 0) is 11.3 Å². The lowest BCUT2D eigenvalue weighted by atomic mass is 10.1. The van der Waals surface area contributed by atoms with E-state index in [0.717, 1.165) is 25.6 Å². The number of benzene rings is 1. The SMILES string of the molecule is CCNC(=NCc1cccc(C)c1)N(C)CC(=O)N(CC)CC. The molecule has 0 bridgehead atoms. The van der Waals surface area contributed by atoms with Gasteiger partial charge in [-0.15, -0.1) is 0 Å². The zero-order valence-corrected chi connectivity index (χ0v) is 15.1. The van der Waals surface area contributed by atoms with Crippen molar-refractivity contribution in [2.75, 3.05) is 33.2 Å². The van der Waals surface area contributed by atoms with Gasteiger partial charge in [-0.2, -0.15) is 0 Å². The number of hydrogen-bond donors (Lipinski definition) is 1. The Morgan fingerprint density at radius 3 is 2.48 bits per heavy atom. The molecular formula is C18H30N4O. The summed E-state index contributed by atoms with van der Waals surface area (Å²) in [7, 11) is 1.90. The van der Waals surface area contributed by atoms with Gasteiger partial charge in [0.1, 0.15) is 0 Å². The molecule has 5 heteroatoms. The highest BCUT2D eigenvalue weighted by atomic mass is 16.2. The van der Waals surface area contributed by atoms with Crippen molar-refractivity contribution < 1.29 is 4.79 Å². The molecule has 0 saturated carbocycles. The zero-order valence-electron chi connectivity index (χ0n) is 15.1. The Labute approximate surface area is 140 Å². The van der Waals surface area contributed by atoms with E-state index >= 15 is 0 Å². The molecule has 0 saturated heterocycles. The number of nitrogens with one attached hydrogen (secondary N) is 1. The molecule has 0 aromatic heterocycles. The number of carbonyl (C=O) groups is 1. The van der Waals surface area contributed by atoms with Gasteiger partial charge in [-0.05, 0) is 33.3 Å². The summed E-state index contributed by atoms with van der Waals surface area (Å²) in [6.07, 6.45) is 0. The average Bonchev–Trinajstić information content (AvgIpc) is 2.52. The molecule has 0 fully saturated rings. The quantitative estimate of drug-likeness (QED) is 0.620. The number of hydrogen-bond acceptors (Lipinski definition) is 2. The highest BCUT2D eigenvalue weighted by Crippen LogP contribution is 2.05. The lowest BCUT2D eigenvalue weighted by Gasteiger charge is -2.25. The second-order valence-corrected chi connectivity index (χ2v) is 5.58. The molecule has 0 unspecified atom stereocenters. The van der Waals surface area contributed by atoms with Crippen LogP contribution in [0.15, 0.2) is 29.3 Å². The van der Waals surface area contributed by atoms with Crippen molar-refractivity contribution in [3.63, 3.8) is 0 Å². The number of rotatable bonds is 7. The normalized spacial score (nSPS) is 11.3. The number of aliphatic imine (C=N–C) groups is 1. The van der Waals surface area contributed by atoms with Gasteiger partial charge in [0.05, 0.1) is 13.1 Å². The minimum Gasteiger partial charge on any atom is -0.357 e. The van der Waals surface area contributed by atoms with Crippen LogP contribution in [0.1, 0.15) is 31.9 Å². The van der Waals surface area contributed by atoms with E-state index in [0.29, 0.717) is 13.1 Å². The number of amides is 1. The summed E-state index contributed by atoms with van der Waals surface area (Å²) in [5.41, 5.74) is 2.40. The van der Waals surface area contributed by atoms with Crippen LogP contribution in [0.3, 0.4) is 0 Å². The molecule has 128 valence electrons. The fourth-order valence-electron chi connectivity index (χ4n) is 2.40. The van der Waals surface area contributed by atoms with E-state index in [1.54, 1.807) is 0 Å². The van der Waals surface area contributed by atoms with Crippen molar-refractivity contribution in [3.8, 4) is 0 Å². The van der Waals surface area contributed by atoms with Crippen molar-refractivity contribution in [1.82, 2.24) is 15.1 Å². The molecule has 0 spiro atoms. The Bertz CT molecular complexity index is 524. The van der Waals surface area contributed by atoms with Gasteiger partial charge in [0.15, 0.2) is 5.96 Å². The summed E-state index contributed by atoms with van der Waals surface area (Å²) in [4.78, 5) is 20.6. The smallest absolute Gasteiger partial charge is 0.242 e. The molecule has 0 aliphatic carbocycles. The summed E-state index contributed by atoms with van der Waals surface area (Å²) in [5.74, 6) is 0.883. The second-order valence-electron chi connectivity index (χ2n) is 5.58. The van der Waals surface area contributed by atoms with Gasteiger partial charge in [-0.25, -0.2) is 4.99 Å². The number of carbonyl (C=O) groups excluding carboxylic acids is 1. The predicted molar refractivity (Wildman–Crippen MR) is 96.6 cm³/mol. The third-order valence-corrected chi connectivity index (χ3v) is 3.68. The molecule has 1 N–H and O–H groups in total. The highest BCUT2D eigenvalue weighted by Gasteiger charge is 2.14. The Kier molecular flexibility index (Phi) is 8.16. The molecule has 5 nitrogen and oxygen atoms in total. The Morgan fingerprint density at radius 2 is 1.91 bits per heavy atom. The summed E-state index contributed by atoms with van der Waals surface area (Å²) in [6.45, 7) is 11.3. The lowest BCUT2D eigenvalue weighted by Crippen LogP contribution is -2.45. The maximum absolute atomic E-state index is 12.2. The van der Waals surface area contributed by atoms with Gasteiger partial charge < -0.3 is 15.1 Å². The van der Waals surface area contributed by atoms with E-state index in [4.69, 9.17) is 0 Å². The molecule has 0 aliphatic rings. The van der Waals surface area contributed by atoms with E-state index in [9.17, 15) is 4.79 Å². The average molecular weight is 318 g/mol. The van der Waals surface area contributed by atoms with Crippen molar-refractivity contribution in [3.05, 3.63) is 35.4 Å². The van der Waals surface area contributed by atoms with Crippen LogP contribution in [0.4, 0.5) is 0 Å². The fraction of sp³-hybridized carbons (Fsp3) is 0.556. The van der Waals surface area contributed by atoms with Crippen LogP contribution in [0, 0.1) is 6.92 Å². The molecular weight excluding hydrogens is 288 g/mol. The fourth-order valence-corrected chi connectivity index (χ4v) is 2.40. The summed E-state index contributed by atoms with van der Waals surface area (Å²) in [5, 5.41) is 3.25. The molecule has 0 atom stereocenters. The second kappa shape index (κ2) is 9.87. The zero-order chi connectivity index (χ0) is 17.2. The molecule has 0 heterocycles. The lowest BCUT2D eigenvalue weighted by molar-refractivity contribution is -0.131. The number of likely N-dealkylation sites (N-methyl/N-ethyl adjacent to an activating group) is 2. The van der Waals surface area contributed by atoms with Crippen LogP contribution < -0.4 is 5.32 Å². The van der Waals surface area contributed by atoms with Gasteiger partial charge in [-0.3, -0.25) is 4.79 Å². The third kappa shape index (κ3) is 6.30. The molecule has 1 amide bonds.